The summed E-state index contributed by atoms with van der Waals surface area (Å²) >= 11 is 1.71. The van der Waals surface area contributed by atoms with Gasteiger partial charge in [0.25, 0.3) is 0 Å². The van der Waals surface area contributed by atoms with E-state index in [1.54, 1.807) is 18.4 Å². The molecular weight excluding hydrogens is 358 g/mol. The number of aromatic nitrogens is 1. The van der Waals surface area contributed by atoms with Gasteiger partial charge in [0, 0.05) is 38.0 Å². The first-order valence-corrected chi connectivity index (χ1v) is 10.1. The topological polar surface area (TPSA) is 69.6 Å². The van der Waals surface area contributed by atoms with Crippen LogP contribution in [0.25, 0.3) is 0 Å². The first-order valence-electron chi connectivity index (χ1n) is 9.28. The van der Waals surface area contributed by atoms with Crippen molar-refractivity contribution in [2.45, 2.75) is 46.3 Å². The molecule has 0 atom stereocenters. The van der Waals surface area contributed by atoms with Gasteiger partial charge in [0.2, 0.25) is 5.91 Å². The third kappa shape index (κ3) is 5.29. The zero-order valence-electron chi connectivity index (χ0n) is 16.2. The average molecular weight is 386 g/mol. The van der Waals surface area contributed by atoms with Crippen molar-refractivity contribution in [3.05, 3.63) is 51.0 Å². The van der Waals surface area contributed by atoms with Crippen LogP contribution in [0.4, 0.5) is 0 Å². The van der Waals surface area contributed by atoms with Crippen molar-refractivity contribution in [3.63, 3.8) is 0 Å². The van der Waals surface area contributed by atoms with Crippen molar-refractivity contribution < 1.29 is 4.79 Å². The Morgan fingerprint density at radius 3 is 2.48 bits per heavy atom. The van der Waals surface area contributed by atoms with Gasteiger partial charge in [0.15, 0.2) is 5.96 Å². The van der Waals surface area contributed by atoms with E-state index < -0.39 is 0 Å². The van der Waals surface area contributed by atoms with E-state index in [1.165, 1.54) is 16.0 Å². The van der Waals surface area contributed by atoms with Crippen LogP contribution in [-0.2, 0) is 24.4 Å². The van der Waals surface area contributed by atoms with Gasteiger partial charge in [-0.05, 0) is 31.4 Å². The number of nitrogens with one attached hydrogen (secondary N) is 2. The fourth-order valence-corrected chi connectivity index (χ4v) is 4.04. The zero-order valence-corrected chi connectivity index (χ0v) is 17.0. The molecule has 0 spiro atoms. The van der Waals surface area contributed by atoms with Gasteiger partial charge in [-0.15, -0.1) is 11.3 Å². The van der Waals surface area contributed by atoms with E-state index >= 15 is 0 Å². The Hall–Kier alpha value is -2.41. The molecule has 1 aromatic heterocycles. The number of thiazole rings is 1. The second kappa shape index (κ2) is 8.99. The summed E-state index contributed by atoms with van der Waals surface area (Å²) in [5.74, 6) is 1.04. The van der Waals surface area contributed by atoms with Crippen LogP contribution in [0.15, 0.2) is 29.3 Å². The van der Waals surface area contributed by atoms with E-state index in [9.17, 15) is 4.79 Å². The van der Waals surface area contributed by atoms with Crippen molar-refractivity contribution in [1.82, 2.24) is 20.5 Å². The first-order chi connectivity index (χ1) is 13.0. The largest absolute Gasteiger partial charge is 0.352 e. The third-order valence-electron chi connectivity index (χ3n) is 4.67. The Morgan fingerprint density at radius 2 is 1.89 bits per heavy atom. The fourth-order valence-electron chi connectivity index (χ4n) is 3.16. The molecule has 0 aliphatic carbocycles. The van der Waals surface area contributed by atoms with Crippen molar-refractivity contribution >= 4 is 23.2 Å². The predicted molar refractivity (Wildman–Crippen MR) is 110 cm³/mol. The van der Waals surface area contributed by atoms with E-state index in [2.05, 4.69) is 44.9 Å². The lowest BCUT2D eigenvalue weighted by atomic mass is 10.1. The summed E-state index contributed by atoms with van der Waals surface area (Å²) < 4.78 is 0. The van der Waals surface area contributed by atoms with E-state index in [-0.39, 0.29) is 5.91 Å². The molecule has 0 radical (unpaired) electrons. The van der Waals surface area contributed by atoms with Crippen LogP contribution < -0.4 is 10.6 Å². The van der Waals surface area contributed by atoms with Crippen LogP contribution in [0.2, 0.25) is 0 Å². The smallest absolute Gasteiger partial charge is 0.222 e. The van der Waals surface area contributed by atoms with Gasteiger partial charge in [-0.25, -0.2) is 4.98 Å². The lowest BCUT2D eigenvalue weighted by Gasteiger charge is -2.16. The molecule has 1 amide bonds. The summed E-state index contributed by atoms with van der Waals surface area (Å²) in [7, 11) is 1.77. The third-order valence-corrected chi connectivity index (χ3v) is 5.74. The Labute approximate surface area is 164 Å². The standard InChI is InChI=1S/C20H27N5OS/c1-14-18(27-15(2)24-14)12-23-20(21-3)22-11-16-6-8-17(9-7-16)13-25-10-4-5-19(25)26/h6-9H,4-5,10-13H2,1-3H3,(H2,21,22,23). The molecule has 1 saturated heterocycles. The van der Waals surface area contributed by atoms with Crippen molar-refractivity contribution in [2.75, 3.05) is 13.6 Å². The van der Waals surface area contributed by atoms with E-state index in [4.69, 9.17) is 0 Å². The molecule has 6 nitrogen and oxygen atoms in total. The number of carbonyl (C=O) groups is 1. The van der Waals surface area contributed by atoms with Gasteiger partial charge in [-0.1, -0.05) is 24.3 Å². The normalized spacial score (nSPS) is 14.7. The summed E-state index contributed by atoms with van der Waals surface area (Å²) in [6.07, 6.45) is 1.67. The van der Waals surface area contributed by atoms with Crippen LogP contribution >= 0.6 is 11.3 Å². The summed E-state index contributed by atoms with van der Waals surface area (Å²) in [5, 5.41) is 7.77. The number of aryl methyl sites for hydroxylation is 2. The zero-order chi connectivity index (χ0) is 19.2. The minimum Gasteiger partial charge on any atom is -0.352 e. The van der Waals surface area contributed by atoms with Gasteiger partial charge in [-0.2, -0.15) is 0 Å². The minimum atomic E-state index is 0.266. The molecule has 2 aromatic rings. The monoisotopic (exact) mass is 385 g/mol. The number of benzene rings is 1. The van der Waals surface area contributed by atoms with Crippen LogP contribution in [0.3, 0.4) is 0 Å². The van der Waals surface area contributed by atoms with Gasteiger partial charge in [0.1, 0.15) is 0 Å². The molecule has 27 heavy (non-hydrogen) atoms. The number of hydrogen-bond acceptors (Lipinski definition) is 4. The number of hydrogen-bond donors (Lipinski definition) is 2. The Bertz CT molecular complexity index is 812. The molecular formula is C20H27N5OS. The summed E-state index contributed by atoms with van der Waals surface area (Å²) in [4.78, 5) is 23.6. The van der Waals surface area contributed by atoms with E-state index in [1.807, 2.05) is 18.7 Å². The van der Waals surface area contributed by atoms with Crippen LogP contribution in [0.1, 0.15) is 39.5 Å². The van der Waals surface area contributed by atoms with Crippen LogP contribution in [0.5, 0.6) is 0 Å². The Kier molecular flexibility index (Phi) is 6.45. The van der Waals surface area contributed by atoms with Crippen molar-refractivity contribution in [1.29, 1.82) is 0 Å². The number of nitrogens with zero attached hydrogens (tertiary/aromatic N) is 3. The SMILES string of the molecule is CN=C(NCc1ccc(CN2CCCC2=O)cc1)NCc1sc(C)nc1C. The maximum absolute atomic E-state index is 11.7. The molecule has 0 bridgehead atoms. The summed E-state index contributed by atoms with van der Waals surface area (Å²) in [6, 6.07) is 8.41. The van der Waals surface area contributed by atoms with E-state index in [0.717, 1.165) is 36.2 Å². The Morgan fingerprint density at radius 1 is 1.19 bits per heavy atom. The first kappa shape index (κ1) is 19.4. The summed E-state index contributed by atoms with van der Waals surface area (Å²) in [5.41, 5.74) is 3.43. The molecule has 144 valence electrons. The Balaban J connectivity index is 1.48. The second-order valence-corrected chi connectivity index (χ2v) is 8.04. The molecule has 3 rings (SSSR count). The lowest BCUT2D eigenvalue weighted by molar-refractivity contribution is -0.128. The predicted octanol–water partition coefficient (Wildman–Crippen LogP) is 2.75. The minimum absolute atomic E-state index is 0.266. The molecule has 7 heteroatoms. The second-order valence-electron chi connectivity index (χ2n) is 6.76. The average Bonchev–Trinajstić information content (AvgIpc) is 3.21. The molecule has 0 unspecified atom stereocenters. The highest BCUT2D eigenvalue weighted by molar-refractivity contribution is 7.11. The van der Waals surface area contributed by atoms with Crippen LogP contribution in [-0.4, -0.2) is 35.3 Å². The lowest BCUT2D eigenvalue weighted by Crippen LogP contribution is -2.36. The van der Waals surface area contributed by atoms with Crippen molar-refractivity contribution in [2.24, 2.45) is 4.99 Å². The van der Waals surface area contributed by atoms with Crippen LogP contribution in [0, 0.1) is 13.8 Å². The van der Waals surface area contributed by atoms with Gasteiger partial charge < -0.3 is 15.5 Å². The van der Waals surface area contributed by atoms with Gasteiger partial charge in [0.05, 0.1) is 17.2 Å². The molecule has 1 aliphatic heterocycles. The number of aliphatic imine (C=N–C) groups is 1. The molecule has 1 fully saturated rings. The number of guanidine groups is 1. The molecule has 1 aliphatic rings. The summed E-state index contributed by atoms with van der Waals surface area (Å²) in [6.45, 7) is 7.07. The maximum Gasteiger partial charge on any atom is 0.222 e. The van der Waals surface area contributed by atoms with Gasteiger partial charge in [-0.3, -0.25) is 9.79 Å². The molecule has 2 heterocycles. The van der Waals surface area contributed by atoms with Gasteiger partial charge >= 0.3 is 0 Å². The number of likely N-dealkylation sites (tertiary alicyclic amines) is 1. The molecule has 0 saturated carbocycles. The molecule has 1 aromatic carbocycles. The highest BCUT2D eigenvalue weighted by Crippen LogP contribution is 2.17. The number of carbonyl (C=O) groups excluding carboxylic acids is 1. The van der Waals surface area contributed by atoms with Crippen molar-refractivity contribution in [3.8, 4) is 0 Å². The number of rotatable bonds is 6. The number of amides is 1. The molecule has 2 N–H and O–H groups in total. The van der Waals surface area contributed by atoms with E-state index in [0.29, 0.717) is 19.5 Å². The maximum atomic E-state index is 11.7. The highest BCUT2D eigenvalue weighted by atomic mass is 32.1. The quantitative estimate of drug-likeness (QED) is 0.593. The fraction of sp³-hybridized carbons (Fsp3) is 0.450. The highest BCUT2D eigenvalue weighted by Gasteiger charge is 2.19.